The third-order valence-corrected chi connectivity index (χ3v) is 9.09. The lowest BCUT2D eigenvalue weighted by Gasteiger charge is -2.32. The Balaban J connectivity index is 2.05. The van der Waals surface area contributed by atoms with Gasteiger partial charge < -0.3 is 15.0 Å². The van der Waals surface area contributed by atoms with E-state index in [1.54, 1.807) is 43.3 Å². The Hall–Kier alpha value is -3.50. The molecule has 1 N–H and O–H groups in total. The van der Waals surface area contributed by atoms with Gasteiger partial charge >= 0.3 is 0 Å². The number of sulfonamides is 1. The quantitative estimate of drug-likeness (QED) is 0.270. The number of thioether (sulfide) groups is 1. The van der Waals surface area contributed by atoms with Crippen LogP contribution in [0.5, 0.6) is 5.75 Å². The Morgan fingerprint density at radius 3 is 2.15 bits per heavy atom. The number of hydrogen-bond donors (Lipinski definition) is 1. The van der Waals surface area contributed by atoms with Crippen molar-refractivity contribution in [2.75, 3.05) is 23.7 Å². The van der Waals surface area contributed by atoms with E-state index in [1.165, 1.54) is 28.8 Å². The van der Waals surface area contributed by atoms with Crippen molar-refractivity contribution in [1.82, 2.24) is 10.2 Å². The summed E-state index contributed by atoms with van der Waals surface area (Å²) >= 11 is 1.50. The van der Waals surface area contributed by atoms with Gasteiger partial charge in [-0.15, -0.1) is 11.8 Å². The highest BCUT2D eigenvalue weighted by atomic mass is 32.2. The standard InChI is InChI=1S/C31H39N3O5S2/c1-7-39-27-14-12-26(13-15-27)34(41(37,38)29-18-16-28(40-6)17-19-29)21-30(35)33(24(5)31(36)32-22(2)3)20-25-11-9-8-10-23(25)4/h8-19,22,24H,7,20-21H2,1-6H3,(H,32,36)/t24-/m1/s1. The number of nitrogens with one attached hydrogen (secondary N) is 1. The summed E-state index contributed by atoms with van der Waals surface area (Å²) in [6.45, 7) is 9.27. The number of amides is 2. The van der Waals surface area contributed by atoms with E-state index >= 15 is 0 Å². The van der Waals surface area contributed by atoms with Crippen molar-refractivity contribution in [3.05, 3.63) is 83.9 Å². The fourth-order valence-corrected chi connectivity index (χ4v) is 6.06. The van der Waals surface area contributed by atoms with Crippen LogP contribution in [-0.4, -0.2) is 56.6 Å². The van der Waals surface area contributed by atoms with Crippen molar-refractivity contribution >= 4 is 39.3 Å². The molecule has 2 amide bonds. The largest absolute Gasteiger partial charge is 0.494 e. The minimum atomic E-state index is -4.14. The summed E-state index contributed by atoms with van der Waals surface area (Å²) in [5.41, 5.74) is 2.14. The van der Waals surface area contributed by atoms with Crippen LogP contribution in [-0.2, 0) is 26.2 Å². The number of carbonyl (C=O) groups excluding carboxylic acids is 2. The van der Waals surface area contributed by atoms with Crippen molar-refractivity contribution < 1.29 is 22.7 Å². The predicted molar refractivity (Wildman–Crippen MR) is 165 cm³/mol. The maximum atomic E-state index is 14.0. The molecule has 0 fully saturated rings. The smallest absolute Gasteiger partial charge is 0.264 e. The average Bonchev–Trinajstić information content (AvgIpc) is 2.95. The van der Waals surface area contributed by atoms with E-state index in [0.29, 0.717) is 18.0 Å². The Morgan fingerprint density at radius 2 is 1.59 bits per heavy atom. The summed E-state index contributed by atoms with van der Waals surface area (Å²) in [5.74, 6) is -0.229. The normalized spacial score (nSPS) is 12.1. The lowest BCUT2D eigenvalue weighted by Crippen LogP contribution is -2.52. The predicted octanol–water partition coefficient (Wildman–Crippen LogP) is 5.25. The fraction of sp³-hybridized carbons (Fsp3) is 0.355. The van der Waals surface area contributed by atoms with E-state index < -0.39 is 28.5 Å². The summed E-state index contributed by atoms with van der Waals surface area (Å²) < 4.78 is 34.6. The molecule has 0 unspecified atom stereocenters. The van der Waals surface area contributed by atoms with Gasteiger partial charge in [0.1, 0.15) is 18.3 Å². The number of benzene rings is 3. The number of aryl methyl sites for hydroxylation is 1. The molecule has 3 aromatic carbocycles. The molecule has 0 heterocycles. The Bertz CT molecular complexity index is 1420. The highest BCUT2D eigenvalue weighted by molar-refractivity contribution is 7.98. The number of anilines is 1. The van der Waals surface area contributed by atoms with E-state index in [-0.39, 0.29) is 23.4 Å². The first-order valence-electron chi connectivity index (χ1n) is 13.5. The monoisotopic (exact) mass is 597 g/mol. The molecule has 0 saturated carbocycles. The molecular formula is C31H39N3O5S2. The van der Waals surface area contributed by atoms with Gasteiger partial charge in [-0.2, -0.15) is 0 Å². The molecule has 3 aromatic rings. The zero-order valence-electron chi connectivity index (χ0n) is 24.5. The molecule has 3 rings (SSSR count). The number of carbonyl (C=O) groups is 2. The second kappa shape index (κ2) is 14.4. The molecule has 0 aliphatic heterocycles. The topological polar surface area (TPSA) is 96.0 Å². The van der Waals surface area contributed by atoms with Crippen LogP contribution < -0.4 is 14.4 Å². The van der Waals surface area contributed by atoms with Gasteiger partial charge in [0.05, 0.1) is 17.2 Å². The van der Waals surface area contributed by atoms with Gasteiger partial charge in [0.2, 0.25) is 11.8 Å². The van der Waals surface area contributed by atoms with Crippen LogP contribution in [0.25, 0.3) is 0 Å². The average molecular weight is 598 g/mol. The number of ether oxygens (including phenoxy) is 1. The van der Waals surface area contributed by atoms with Crippen molar-refractivity contribution in [1.29, 1.82) is 0 Å². The molecule has 0 aromatic heterocycles. The summed E-state index contributed by atoms with van der Waals surface area (Å²) in [6.07, 6.45) is 1.91. The minimum absolute atomic E-state index is 0.0630. The van der Waals surface area contributed by atoms with Gasteiger partial charge in [0, 0.05) is 17.5 Å². The van der Waals surface area contributed by atoms with E-state index in [2.05, 4.69) is 5.32 Å². The van der Waals surface area contributed by atoms with E-state index in [0.717, 1.165) is 20.3 Å². The van der Waals surface area contributed by atoms with Crippen LogP contribution in [0.3, 0.4) is 0 Å². The van der Waals surface area contributed by atoms with Crippen molar-refractivity contribution in [3.63, 3.8) is 0 Å². The molecule has 41 heavy (non-hydrogen) atoms. The lowest BCUT2D eigenvalue weighted by molar-refractivity contribution is -0.139. The first kappa shape index (κ1) is 32.0. The van der Waals surface area contributed by atoms with Crippen molar-refractivity contribution in [3.8, 4) is 5.75 Å². The highest BCUT2D eigenvalue weighted by Gasteiger charge is 2.33. The molecular weight excluding hydrogens is 558 g/mol. The summed E-state index contributed by atoms with van der Waals surface area (Å²) in [5, 5.41) is 2.87. The van der Waals surface area contributed by atoms with Crippen molar-refractivity contribution in [2.24, 2.45) is 0 Å². The number of nitrogens with zero attached hydrogens (tertiary/aromatic N) is 2. The van der Waals surface area contributed by atoms with E-state index in [4.69, 9.17) is 4.74 Å². The van der Waals surface area contributed by atoms with Gasteiger partial charge in [0.25, 0.3) is 10.0 Å². The van der Waals surface area contributed by atoms with Crippen LogP contribution in [0.4, 0.5) is 5.69 Å². The molecule has 220 valence electrons. The van der Waals surface area contributed by atoms with Gasteiger partial charge in [-0.25, -0.2) is 8.42 Å². The number of hydrogen-bond acceptors (Lipinski definition) is 6. The third kappa shape index (κ3) is 8.27. The molecule has 0 spiro atoms. The fourth-order valence-electron chi connectivity index (χ4n) is 4.24. The first-order valence-corrected chi connectivity index (χ1v) is 16.2. The Kier molecular flexibility index (Phi) is 11.3. The summed E-state index contributed by atoms with van der Waals surface area (Å²) in [7, 11) is -4.14. The van der Waals surface area contributed by atoms with Gasteiger partial charge in [0.15, 0.2) is 0 Å². The molecule has 0 saturated heterocycles. The SMILES string of the molecule is CCOc1ccc(N(CC(=O)N(Cc2ccccc2C)[C@H](C)C(=O)NC(C)C)S(=O)(=O)c2ccc(SC)cc2)cc1. The Labute approximate surface area is 248 Å². The maximum absolute atomic E-state index is 14.0. The molecule has 8 nitrogen and oxygen atoms in total. The molecule has 0 aliphatic rings. The molecule has 0 aliphatic carbocycles. The van der Waals surface area contributed by atoms with E-state index in [9.17, 15) is 18.0 Å². The Morgan fingerprint density at radius 1 is 0.951 bits per heavy atom. The van der Waals surface area contributed by atoms with Crippen LogP contribution in [0.15, 0.2) is 82.6 Å². The lowest BCUT2D eigenvalue weighted by atomic mass is 10.1. The first-order chi connectivity index (χ1) is 19.5. The van der Waals surface area contributed by atoms with Gasteiger partial charge in [-0.1, -0.05) is 24.3 Å². The van der Waals surface area contributed by atoms with Crippen LogP contribution >= 0.6 is 11.8 Å². The number of rotatable bonds is 13. The zero-order valence-corrected chi connectivity index (χ0v) is 26.1. The highest BCUT2D eigenvalue weighted by Crippen LogP contribution is 2.28. The minimum Gasteiger partial charge on any atom is -0.494 e. The van der Waals surface area contributed by atoms with Crippen molar-refractivity contribution in [2.45, 2.75) is 63.0 Å². The molecule has 10 heteroatoms. The van der Waals surface area contributed by atoms with Crippen LogP contribution in [0.1, 0.15) is 38.8 Å². The van der Waals surface area contributed by atoms with Crippen LogP contribution in [0, 0.1) is 6.92 Å². The summed E-state index contributed by atoms with van der Waals surface area (Å²) in [4.78, 5) is 29.5. The second-order valence-electron chi connectivity index (χ2n) is 9.90. The maximum Gasteiger partial charge on any atom is 0.264 e. The molecule has 0 radical (unpaired) electrons. The molecule has 1 atom stereocenters. The third-order valence-electron chi connectivity index (χ3n) is 6.56. The van der Waals surface area contributed by atoms with Gasteiger partial charge in [-0.3, -0.25) is 13.9 Å². The van der Waals surface area contributed by atoms with Gasteiger partial charge in [-0.05, 0) is 101 Å². The van der Waals surface area contributed by atoms with Crippen LogP contribution in [0.2, 0.25) is 0 Å². The molecule has 0 bridgehead atoms. The zero-order chi connectivity index (χ0) is 30.2. The van der Waals surface area contributed by atoms with E-state index in [1.807, 2.05) is 58.2 Å². The summed E-state index contributed by atoms with van der Waals surface area (Å²) in [6, 6.07) is 19.8. The second-order valence-corrected chi connectivity index (χ2v) is 12.6.